The van der Waals surface area contributed by atoms with E-state index in [-0.39, 0.29) is 0 Å². The third-order valence-corrected chi connectivity index (χ3v) is 2.42. The second-order valence-corrected chi connectivity index (χ2v) is 3.61. The van der Waals surface area contributed by atoms with Gasteiger partial charge in [-0.25, -0.2) is 0 Å². The van der Waals surface area contributed by atoms with Crippen LogP contribution in [0.5, 0.6) is 0 Å². The minimum absolute atomic E-state index is 1.06. The molecule has 1 aromatic heterocycles. The van der Waals surface area contributed by atoms with E-state index < -0.39 is 0 Å². The predicted molar refractivity (Wildman–Crippen MR) is 61.5 cm³/mol. The Morgan fingerprint density at radius 1 is 0.933 bits per heavy atom. The highest BCUT2D eigenvalue weighted by Gasteiger charge is 1.94. The van der Waals surface area contributed by atoms with Gasteiger partial charge in [-0.3, -0.25) is 4.98 Å². The second kappa shape index (κ2) is 5.30. The normalized spacial score (nSPS) is 10.1. The molecule has 0 N–H and O–H groups in total. The third kappa shape index (κ3) is 3.21. The van der Waals surface area contributed by atoms with Gasteiger partial charge < -0.3 is 0 Å². The molecule has 0 saturated carbocycles. The lowest BCUT2D eigenvalue weighted by molar-refractivity contribution is 0.816. The van der Waals surface area contributed by atoms with Crippen LogP contribution in [0.25, 0.3) is 0 Å². The Morgan fingerprint density at radius 3 is 2.53 bits per heavy atom. The van der Waals surface area contributed by atoms with E-state index in [2.05, 4.69) is 47.6 Å². The first-order valence-corrected chi connectivity index (χ1v) is 5.30. The van der Waals surface area contributed by atoms with Crippen molar-refractivity contribution in [3.63, 3.8) is 0 Å². The van der Waals surface area contributed by atoms with Crippen molar-refractivity contribution in [2.45, 2.75) is 19.3 Å². The number of hydrogen-bond donors (Lipinski definition) is 0. The molecule has 0 saturated heterocycles. The van der Waals surface area contributed by atoms with Gasteiger partial charge in [-0.1, -0.05) is 36.4 Å². The molecule has 0 spiro atoms. The van der Waals surface area contributed by atoms with Crippen LogP contribution in [0.4, 0.5) is 0 Å². The molecule has 1 heteroatoms. The molecule has 1 nitrogen and oxygen atoms in total. The van der Waals surface area contributed by atoms with E-state index in [4.69, 9.17) is 0 Å². The fourth-order valence-corrected chi connectivity index (χ4v) is 1.63. The van der Waals surface area contributed by atoms with Gasteiger partial charge in [0.15, 0.2) is 0 Å². The van der Waals surface area contributed by atoms with Crippen molar-refractivity contribution in [2.75, 3.05) is 0 Å². The molecule has 75 valence electrons. The number of aromatic nitrogens is 1. The zero-order valence-corrected chi connectivity index (χ0v) is 8.69. The summed E-state index contributed by atoms with van der Waals surface area (Å²) in [4.78, 5) is 3.99. The Kier molecular flexibility index (Phi) is 3.50. The van der Waals surface area contributed by atoms with Crippen molar-refractivity contribution in [1.29, 1.82) is 0 Å². The summed E-state index contributed by atoms with van der Waals surface area (Å²) in [6, 6.07) is 14.6. The Morgan fingerprint density at radius 2 is 1.80 bits per heavy atom. The van der Waals surface area contributed by atoms with Gasteiger partial charge in [-0.2, -0.15) is 0 Å². The van der Waals surface area contributed by atoms with Crippen molar-refractivity contribution in [2.24, 2.45) is 0 Å². The molecule has 0 bridgehead atoms. The SMILES string of the molecule is [c]1ncccc1CCCc1ccccc1. The fraction of sp³-hybridized carbons (Fsp3) is 0.214. The summed E-state index contributed by atoms with van der Waals surface area (Å²) in [6.07, 6.45) is 8.11. The topological polar surface area (TPSA) is 12.9 Å². The van der Waals surface area contributed by atoms with Gasteiger partial charge in [0.05, 0.1) is 6.20 Å². The summed E-state index contributed by atoms with van der Waals surface area (Å²) in [7, 11) is 0. The van der Waals surface area contributed by atoms with Crippen LogP contribution in [0, 0.1) is 6.20 Å². The van der Waals surface area contributed by atoms with Crippen LogP contribution < -0.4 is 0 Å². The van der Waals surface area contributed by atoms with Crippen LogP contribution in [0.2, 0.25) is 0 Å². The highest BCUT2D eigenvalue weighted by molar-refractivity contribution is 5.15. The van der Waals surface area contributed by atoms with Crippen LogP contribution in [0.3, 0.4) is 0 Å². The van der Waals surface area contributed by atoms with E-state index in [0.29, 0.717) is 0 Å². The summed E-state index contributed by atoms with van der Waals surface area (Å²) in [5.41, 5.74) is 2.61. The molecule has 1 radical (unpaired) electrons. The van der Waals surface area contributed by atoms with Gasteiger partial charge in [0, 0.05) is 6.20 Å². The van der Waals surface area contributed by atoms with Crippen LogP contribution in [0.1, 0.15) is 17.5 Å². The summed E-state index contributed by atoms with van der Waals surface area (Å²) in [5.74, 6) is 0. The van der Waals surface area contributed by atoms with E-state index in [1.165, 1.54) is 11.1 Å². The van der Waals surface area contributed by atoms with E-state index in [9.17, 15) is 0 Å². The van der Waals surface area contributed by atoms with E-state index in [1.807, 2.05) is 6.07 Å². The van der Waals surface area contributed by atoms with Crippen LogP contribution in [-0.2, 0) is 12.8 Å². The zero-order valence-electron chi connectivity index (χ0n) is 8.69. The summed E-state index contributed by atoms with van der Waals surface area (Å²) >= 11 is 0. The molecule has 2 aromatic rings. The van der Waals surface area contributed by atoms with E-state index >= 15 is 0 Å². The number of nitrogens with zero attached hydrogens (tertiary/aromatic N) is 1. The van der Waals surface area contributed by atoms with Gasteiger partial charge in [-0.15, -0.1) is 0 Å². The molecule has 1 heterocycles. The summed E-state index contributed by atoms with van der Waals surface area (Å²) < 4.78 is 0. The van der Waals surface area contributed by atoms with E-state index in [1.54, 1.807) is 6.20 Å². The number of hydrogen-bond acceptors (Lipinski definition) is 1. The molecule has 0 amide bonds. The zero-order chi connectivity index (χ0) is 10.3. The average Bonchev–Trinajstić information content (AvgIpc) is 2.32. The molecule has 1 aromatic carbocycles. The van der Waals surface area contributed by atoms with E-state index in [0.717, 1.165) is 19.3 Å². The molecule has 0 aliphatic carbocycles. The molecule has 0 atom stereocenters. The number of rotatable bonds is 4. The lowest BCUT2D eigenvalue weighted by atomic mass is 10.1. The fourth-order valence-electron chi connectivity index (χ4n) is 1.63. The predicted octanol–water partition coefficient (Wildman–Crippen LogP) is 3.06. The van der Waals surface area contributed by atoms with Crippen molar-refractivity contribution in [3.05, 3.63) is 66.0 Å². The Hall–Kier alpha value is -1.63. The summed E-state index contributed by atoms with van der Waals surface area (Å²) in [5, 5.41) is 0. The van der Waals surface area contributed by atoms with Crippen LogP contribution >= 0.6 is 0 Å². The van der Waals surface area contributed by atoms with Gasteiger partial charge in [0.25, 0.3) is 0 Å². The minimum atomic E-state index is 1.06. The second-order valence-electron chi connectivity index (χ2n) is 3.61. The molecule has 0 unspecified atom stereocenters. The molecular weight excluding hydrogens is 182 g/mol. The number of pyridine rings is 1. The maximum atomic E-state index is 3.99. The maximum Gasteiger partial charge on any atom is 0.0920 e. The lowest BCUT2D eigenvalue weighted by Crippen LogP contribution is -1.90. The first kappa shape index (κ1) is 9.91. The van der Waals surface area contributed by atoms with Crippen molar-refractivity contribution >= 4 is 0 Å². The van der Waals surface area contributed by atoms with Crippen molar-refractivity contribution in [1.82, 2.24) is 4.98 Å². The Balaban J connectivity index is 1.81. The minimum Gasteiger partial charge on any atom is -0.254 e. The highest BCUT2D eigenvalue weighted by atomic mass is 14.6. The number of benzene rings is 1. The standard InChI is InChI=1S/C14H14N/c1-2-6-13(7-3-1)8-4-9-14-10-5-11-15-12-14/h1-3,5-7,10-11H,4,8-9H2. The lowest BCUT2D eigenvalue weighted by Gasteiger charge is -2.00. The maximum absolute atomic E-state index is 3.99. The molecule has 0 fully saturated rings. The quantitative estimate of drug-likeness (QED) is 0.732. The molecule has 2 rings (SSSR count). The molecule has 0 aliphatic rings. The van der Waals surface area contributed by atoms with Gasteiger partial charge in [-0.05, 0) is 36.5 Å². The van der Waals surface area contributed by atoms with Crippen LogP contribution in [0.15, 0.2) is 48.7 Å². The van der Waals surface area contributed by atoms with Crippen molar-refractivity contribution < 1.29 is 0 Å². The molecule has 0 aliphatic heterocycles. The highest BCUT2D eigenvalue weighted by Crippen LogP contribution is 2.06. The average molecular weight is 196 g/mol. The third-order valence-electron chi connectivity index (χ3n) is 2.42. The number of aryl methyl sites for hydroxylation is 2. The van der Waals surface area contributed by atoms with Crippen molar-refractivity contribution in [3.8, 4) is 0 Å². The largest absolute Gasteiger partial charge is 0.254 e. The van der Waals surface area contributed by atoms with Gasteiger partial charge in [0.2, 0.25) is 0 Å². The first-order valence-electron chi connectivity index (χ1n) is 5.30. The monoisotopic (exact) mass is 196 g/mol. The molecular formula is C14H14N. The summed E-state index contributed by atoms with van der Waals surface area (Å²) in [6.45, 7) is 0. The van der Waals surface area contributed by atoms with Gasteiger partial charge in [0.1, 0.15) is 0 Å². The Bertz CT molecular complexity index is 341. The first-order chi connectivity index (χ1) is 7.45. The molecule has 15 heavy (non-hydrogen) atoms. The van der Waals surface area contributed by atoms with Crippen LogP contribution in [-0.4, -0.2) is 4.98 Å². The smallest absolute Gasteiger partial charge is 0.0920 e. The Labute approximate surface area is 90.8 Å². The van der Waals surface area contributed by atoms with Gasteiger partial charge >= 0.3 is 0 Å².